The molecule has 0 radical (unpaired) electrons. The van der Waals surface area contributed by atoms with Crippen LogP contribution in [0.25, 0.3) is 5.57 Å². The molecule has 0 aliphatic rings. The summed E-state index contributed by atoms with van der Waals surface area (Å²) in [5.41, 5.74) is 11.2. The summed E-state index contributed by atoms with van der Waals surface area (Å²) in [6.45, 7) is 30.4. The standard InChI is InChI=1S/C22H26.C13H18.C2H6/c1-7-10-18(5)11-9-12-20(8-2)22(17(3)4)21-15-13-19(6)14-16-21;1-4-11(2)8-9-13-7-5-6-12(3)10-13;1-2/h7-11,13-16H,1-3,12H2,4-6H3;5-7,10H,2,4,8-9H2,1,3H3;1-2H3/b11-9-,18-10-,22-20-;;. The Morgan fingerprint density at radius 3 is 2.05 bits per heavy atom. The highest BCUT2D eigenvalue weighted by molar-refractivity contribution is 5.82. The summed E-state index contributed by atoms with van der Waals surface area (Å²) < 4.78 is 0. The average Bonchev–Trinajstić information content (AvgIpc) is 2.89. The summed E-state index contributed by atoms with van der Waals surface area (Å²) >= 11 is 0. The Bertz CT molecular complexity index is 1080. The molecule has 0 bridgehead atoms. The highest BCUT2D eigenvalue weighted by Gasteiger charge is 2.07. The van der Waals surface area contributed by atoms with E-state index in [4.69, 9.17) is 0 Å². The molecule has 0 atom stereocenters. The molecular weight excluding hydrogens is 444 g/mol. The van der Waals surface area contributed by atoms with Crippen LogP contribution in [-0.4, -0.2) is 0 Å². The molecule has 0 aliphatic carbocycles. The van der Waals surface area contributed by atoms with Gasteiger partial charge in [0.1, 0.15) is 0 Å². The molecule has 0 spiro atoms. The lowest BCUT2D eigenvalue weighted by Crippen LogP contribution is -1.92. The van der Waals surface area contributed by atoms with E-state index in [2.05, 4.69) is 115 Å². The van der Waals surface area contributed by atoms with E-state index in [-0.39, 0.29) is 0 Å². The van der Waals surface area contributed by atoms with E-state index < -0.39 is 0 Å². The molecule has 0 unspecified atom stereocenters. The quantitative estimate of drug-likeness (QED) is 0.215. The first kappa shape index (κ1) is 33.6. The second-order valence-electron chi connectivity index (χ2n) is 9.10. The molecule has 0 N–H and O–H groups in total. The average molecular weight is 495 g/mol. The molecular formula is C37H50. The van der Waals surface area contributed by atoms with E-state index in [1.165, 1.54) is 44.5 Å². The fourth-order valence-electron chi connectivity index (χ4n) is 3.69. The predicted molar refractivity (Wildman–Crippen MR) is 171 cm³/mol. The first-order valence-electron chi connectivity index (χ1n) is 13.5. The lowest BCUT2D eigenvalue weighted by atomic mass is 9.92. The van der Waals surface area contributed by atoms with Gasteiger partial charge < -0.3 is 0 Å². The maximum atomic E-state index is 4.14. The third-order valence-electron chi connectivity index (χ3n) is 5.78. The first-order chi connectivity index (χ1) is 17.7. The van der Waals surface area contributed by atoms with Gasteiger partial charge in [-0.3, -0.25) is 0 Å². The lowest BCUT2D eigenvalue weighted by molar-refractivity contribution is 0.889. The van der Waals surface area contributed by atoms with E-state index >= 15 is 0 Å². The van der Waals surface area contributed by atoms with Crippen molar-refractivity contribution in [3.8, 4) is 0 Å². The zero-order valence-electron chi connectivity index (χ0n) is 24.7. The van der Waals surface area contributed by atoms with E-state index in [0.29, 0.717) is 0 Å². The van der Waals surface area contributed by atoms with Gasteiger partial charge >= 0.3 is 0 Å². The molecule has 0 saturated carbocycles. The van der Waals surface area contributed by atoms with Gasteiger partial charge in [-0.1, -0.05) is 154 Å². The molecule has 2 rings (SSSR count). The van der Waals surface area contributed by atoms with Gasteiger partial charge in [0.05, 0.1) is 0 Å². The largest absolute Gasteiger partial charge is 0.0999 e. The molecule has 0 fully saturated rings. The lowest BCUT2D eigenvalue weighted by Gasteiger charge is -2.13. The highest BCUT2D eigenvalue weighted by atomic mass is 14.1. The van der Waals surface area contributed by atoms with Crippen molar-refractivity contribution < 1.29 is 0 Å². The topological polar surface area (TPSA) is 0 Å². The van der Waals surface area contributed by atoms with Gasteiger partial charge in [-0.25, -0.2) is 0 Å². The van der Waals surface area contributed by atoms with Crippen molar-refractivity contribution in [2.24, 2.45) is 0 Å². The van der Waals surface area contributed by atoms with Gasteiger partial charge in [-0.05, 0) is 75.7 Å². The highest BCUT2D eigenvalue weighted by Crippen LogP contribution is 2.28. The Labute approximate surface area is 229 Å². The number of rotatable bonds is 11. The van der Waals surface area contributed by atoms with Crippen molar-refractivity contribution in [3.63, 3.8) is 0 Å². The van der Waals surface area contributed by atoms with Crippen molar-refractivity contribution >= 4 is 5.57 Å². The van der Waals surface area contributed by atoms with Gasteiger partial charge in [-0.2, -0.15) is 0 Å². The fraction of sp³-hybridized carbons (Fsp3) is 0.297. The van der Waals surface area contributed by atoms with Crippen molar-refractivity contribution in [1.29, 1.82) is 0 Å². The maximum absolute atomic E-state index is 4.14. The third-order valence-corrected chi connectivity index (χ3v) is 5.78. The van der Waals surface area contributed by atoms with Crippen LogP contribution in [0.3, 0.4) is 0 Å². The van der Waals surface area contributed by atoms with E-state index in [9.17, 15) is 0 Å². The summed E-state index contributed by atoms with van der Waals surface area (Å²) in [6.07, 6.45) is 14.2. The number of hydrogen-bond donors (Lipinski definition) is 0. The fourth-order valence-corrected chi connectivity index (χ4v) is 3.69. The summed E-state index contributed by atoms with van der Waals surface area (Å²) in [7, 11) is 0. The van der Waals surface area contributed by atoms with Crippen LogP contribution in [0.1, 0.15) is 76.1 Å². The Balaban J connectivity index is 0.000000733. The van der Waals surface area contributed by atoms with Gasteiger partial charge in [0.15, 0.2) is 0 Å². The maximum Gasteiger partial charge on any atom is -0.00882 e. The van der Waals surface area contributed by atoms with E-state index in [1.54, 1.807) is 6.08 Å². The smallest absolute Gasteiger partial charge is 0.00882 e. The van der Waals surface area contributed by atoms with Crippen LogP contribution in [0.4, 0.5) is 0 Å². The number of allylic oxidation sites excluding steroid dienone is 10. The van der Waals surface area contributed by atoms with Crippen LogP contribution in [0.2, 0.25) is 0 Å². The Kier molecular flexibility index (Phi) is 18.0. The molecule has 0 heteroatoms. The minimum atomic E-state index is 0.835. The number of aryl methyl sites for hydroxylation is 3. The molecule has 0 saturated heterocycles. The monoisotopic (exact) mass is 494 g/mol. The normalized spacial score (nSPS) is 11.4. The van der Waals surface area contributed by atoms with Crippen LogP contribution in [0.5, 0.6) is 0 Å². The molecule has 0 amide bonds. The SMILES string of the molecule is C=C(CC)CCc1cccc(C)c1.C=C/C=C(C)\C=C/C/C(C=C)=C(/C(=C)C)c1ccc(C)cc1.CC. The third kappa shape index (κ3) is 14.1. The second kappa shape index (κ2) is 19.8. The molecule has 2 aromatic carbocycles. The minimum absolute atomic E-state index is 0.835. The summed E-state index contributed by atoms with van der Waals surface area (Å²) in [5.74, 6) is 0. The minimum Gasteiger partial charge on any atom is -0.0999 e. The van der Waals surface area contributed by atoms with Gasteiger partial charge in [0, 0.05) is 0 Å². The van der Waals surface area contributed by atoms with Crippen LogP contribution in [0.15, 0.2) is 128 Å². The van der Waals surface area contributed by atoms with Crippen LogP contribution < -0.4 is 0 Å². The summed E-state index contributed by atoms with van der Waals surface area (Å²) in [4.78, 5) is 0. The van der Waals surface area contributed by atoms with Crippen molar-refractivity contribution in [2.75, 3.05) is 0 Å². The van der Waals surface area contributed by atoms with Gasteiger partial charge in [-0.15, -0.1) is 0 Å². The molecule has 37 heavy (non-hydrogen) atoms. The Morgan fingerprint density at radius 1 is 0.892 bits per heavy atom. The predicted octanol–water partition coefficient (Wildman–Crippen LogP) is 11.5. The van der Waals surface area contributed by atoms with Crippen LogP contribution in [-0.2, 0) is 6.42 Å². The Morgan fingerprint density at radius 2 is 1.54 bits per heavy atom. The summed E-state index contributed by atoms with van der Waals surface area (Å²) in [6, 6.07) is 17.3. The van der Waals surface area contributed by atoms with Crippen molar-refractivity contribution in [2.45, 2.75) is 74.1 Å². The zero-order valence-corrected chi connectivity index (χ0v) is 24.7. The molecule has 2 aromatic rings. The van der Waals surface area contributed by atoms with Gasteiger partial charge in [0.2, 0.25) is 0 Å². The number of hydrogen-bond acceptors (Lipinski definition) is 0. The number of benzene rings is 2. The first-order valence-corrected chi connectivity index (χ1v) is 13.5. The molecule has 0 aromatic heterocycles. The van der Waals surface area contributed by atoms with Crippen molar-refractivity contribution in [3.05, 3.63) is 150 Å². The zero-order chi connectivity index (χ0) is 28.2. The molecule has 0 heterocycles. The van der Waals surface area contributed by atoms with Crippen LogP contribution in [0, 0.1) is 13.8 Å². The van der Waals surface area contributed by atoms with E-state index in [1.807, 2.05) is 32.9 Å². The molecule has 0 nitrogen and oxygen atoms in total. The second-order valence-corrected chi connectivity index (χ2v) is 9.10. The van der Waals surface area contributed by atoms with Gasteiger partial charge in [0.25, 0.3) is 0 Å². The van der Waals surface area contributed by atoms with E-state index in [0.717, 1.165) is 31.3 Å². The summed E-state index contributed by atoms with van der Waals surface area (Å²) in [5, 5.41) is 0. The molecule has 0 aliphatic heterocycles. The Hall–Kier alpha value is -3.38. The molecule has 198 valence electrons. The van der Waals surface area contributed by atoms with Crippen LogP contribution >= 0.6 is 0 Å². The van der Waals surface area contributed by atoms with Crippen molar-refractivity contribution in [1.82, 2.24) is 0 Å².